The second kappa shape index (κ2) is 6.40. The zero-order valence-corrected chi connectivity index (χ0v) is 15.3. The largest absolute Gasteiger partial charge is 0.491 e. The summed E-state index contributed by atoms with van der Waals surface area (Å²) >= 11 is 7.08. The molecule has 0 unspecified atom stereocenters. The van der Waals surface area contributed by atoms with Crippen LogP contribution < -0.4 is 4.74 Å². The number of ether oxygens (including phenoxy) is 1. The molecular weight excluding hydrogens is 541 g/mol. The van der Waals surface area contributed by atoms with Gasteiger partial charge in [-0.1, -0.05) is 12.8 Å². The molecule has 1 fully saturated rings. The molecule has 0 amide bonds. The summed E-state index contributed by atoms with van der Waals surface area (Å²) in [6.07, 6.45) is 5.46. The Hall–Kier alpha value is 1.21. The van der Waals surface area contributed by atoms with E-state index in [1.807, 2.05) is 0 Å². The van der Waals surface area contributed by atoms with Crippen molar-refractivity contribution in [2.24, 2.45) is 5.92 Å². The van der Waals surface area contributed by atoms with Crippen molar-refractivity contribution in [3.63, 3.8) is 0 Å². The molecule has 0 N–H and O–H groups in total. The Labute approximate surface area is 138 Å². The van der Waals surface area contributed by atoms with Gasteiger partial charge < -0.3 is 4.74 Å². The molecule has 0 atom stereocenters. The van der Waals surface area contributed by atoms with Crippen LogP contribution in [0.25, 0.3) is 0 Å². The van der Waals surface area contributed by atoms with Gasteiger partial charge >= 0.3 is 0 Å². The van der Waals surface area contributed by atoms with Crippen LogP contribution >= 0.6 is 67.8 Å². The van der Waals surface area contributed by atoms with Gasteiger partial charge in [0.1, 0.15) is 5.75 Å². The van der Waals surface area contributed by atoms with Crippen LogP contribution in [0.2, 0.25) is 0 Å². The van der Waals surface area contributed by atoms with E-state index in [-0.39, 0.29) is 0 Å². The van der Waals surface area contributed by atoms with Crippen molar-refractivity contribution in [3.05, 3.63) is 22.8 Å². The van der Waals surface area contributed by atoms with Gasteiger partial charge in [0, 0.05) is 3.57 Å². The number of benzene rings is 1. The van der Waals surface area contributed by atoms with Crippen molar-refractivity contribution >= 4 is 67.8 Å². The molecule has 0 heterocycles. The maximum atomic E-state index is 5.99. The van der Waals surface area contributed by atoms with E-state index >= 15 is 0 Å². The van der Waals surface area contributed by atoms with Gasteiger partial charge in [-0.05, 0) is 98.7 Å². The first-order chi connectivity index (χ1) is 7.66. The van der Waals surface area contributed by atoms with Crippen LogP contribution in [0.15, 0.2) is 12.1 Å². The van der Waals surface area contributed by atoms with Crippen LogP contribution in [0.4, 0.5) is 0 Å². The molecular formula is C12H13I3O. The van der Waals surface area contributed by atoms with Gasteiger partial charge in [-0.2, -0.15) is 0 Å². The molecule has 1 aliphatic carbocycles. The minimum absolute atomic E-state index is 0.783. The molecule has 1 nitrogen and oxygen atoms in total. The average molecular weight is 554 g/mol. The fourth-order valence-corrected chi connectivity index (χ4v) is 5.94. The lowest BCUT2D eigenvalue weighted by atomic mass is 10.1. The lowest BCUT2D eigenvalue weighted by molar-refractivity contribution is 0.249. The van der Waals surface area contributed by atoms with Crippen molar-refractivity contribution in [3.8, 4) is 5.75 Å². The molecule has 2 rings (SSSR count). The van der Waals surface area contributed by atoms with Crippen molar-refractivity contribution in [2.45, 2.75) is 25.7 Å². The van der Waals surface area contributed by atoms with Crippen LogP contribution in [-0.2, 0) is 0 Å². The predicted octanol–water partition coefficient (Wildman–Crippen LogP) is 5.07. The second-order valence-corrected chi connectivity index (χ2v) is 7.73. The highest BCUT2D eigenvalue weighted by Gasteiger charge is 2.17. The Morgan fingerprint density at radius 3 is 2.19 bits per heavy atom. The minimum atomic E-state index is 0.783. The van der Waals surface area contributed by atoms with Gasteiger partial charge in [-0.3, -0.25) is 0 Å². The zero-order valence-electron chi connectivity index (χ0n) is 8.81. The van der Waals surface area contributed by atoms with E-state index in [4.69, 9.17) is 4.74 Å². The molecule has 4 heteroatoms. The smallest absolute Gasteiger partial charge is 0.146 e. The highest BCUT2D eigenvalue weighted by molar-refractivity contribution is 14.1. The fraction of sp³-hybridized carbons (Fsp3) is 0.500. The summed E-state index contributed by atoms with van der Waals surface area (Å²) in [6, 6.07) is 4.35. The Bertz CT molecular complexity index is 350. The van der Waals surface area contributed by atoms with Gasteiger partial charge in [0.15, 0.2) is 0 Å². The van der Waals surface area contributed by atoms with Crippen molar-refractivity contribution < 1.29 is 4.74 Å². The monoisotopic (exact) mass is 554 g/mol. The molecule has 0 aliphatic heterocycles. The van der Waals surface area contributed by atoms with E-state index in [0.29, 0.717) is 0 Å². The third-order valence-corrected chi connectivity index (χ3v) is 5.13. The third-order valence-electron chi connectivity index (χ3n) is 2.90. The number of rotatable bonds is 3. The summed E-state index contributed by atoms with van der Waals surface area (Å²) in [5.74, 6) is 1.86. The molecule has 0 spiro atoms. The normalized spacial score (nSPS) is 16.7. The first kappa shape index (κ1) is 13.6. The molecule has 88 valence electrons. The summed E-state index contributed by atoms with van der Waals surface area (Å²) in [7, 11) is 0. The Morgan fingerprint density at radius 2 is 1.62 bits per heavy atom. The molecule has 1 aromatic carbocycles. The Kier molecular flexibility index (Phi) is 5.45. The summed E-state index contributed by atoms with van der Waals surface area (Å²) in [5.41, 5.74) is 0. The summed E-state index contributed by atoms with van der Waals surface area (Å²) in [5, 5.41) is 0. The summed E-state index contributed by atoms with van der Waals surface area (Å²) in [6.45, 7) is 0.895. The third kappa shape index (κ3) is 3.60. The summed E-state index contributed by atoms with van der Waals surface area (Å²) < 4.78 is 9.72. The maximum Gasteiger partial charge on any atom is 0.146 e. The van der Waals surface area contributed by atoms with Crippen molar-refractivity contribution in [1.29, 1.82) is 0 Å². The van der Waals surface area contributed by atoms with E-state index < -0.39 is 0 Å². The number of hydrogen-bond acceptors (Lipinski definition) is 1. The van der Waals surface area contributed by atoms with E-state index in [9.17, 15) is 0 Å². The molecule has 1 saturated carbocycles. The van der Waals surface area contributed by atoms with Crippen LogP contribution in [0.1, 0.15) is 25.7 Å². The molecule has 0 radical (unpaired) electrons. The lowest BCUT2D eigenvalue weighted by Gasteiger charge is -2.14. The first-order valence-corrected chi connectivity index (χ1v) is 8.68. The maximum absolute atomic E-state index is 5.99. The predicted molar refractivity (Wildman–Crippen MR) is 92.0 cm³/mol. The van der Waals surface area contributed by atoms with E-state index in [0.717, 1.165) is 18.3 Å². The Morgan fingerprint density at radius 1 is 1.06 bits per heavy atom. The zero-order chi connectivity index (χ0) is 11.5. The fourth-order valence-electron chi connectivity index (χ4n) is 2.05. The number of halogens is 3. The standard InChI is InChI=1S/C12H13I3O/c13-9-5-10(14)12(11(15)6-9)16-7-8-3-1-2-4-8/h5-6,8H,1-4,7H2. The van der Waals surface area contributed by atoms with Crippen LogP contribution in [0.3, 0.4) is 0 Å². The lowest BCUT2D eigenvalue weighted by Crippen LogP contribution is -2.09. The van der Waals surface area contributed by atoms with Gasteiger partial charge in [-0.25, -0.2) is 0 Å². The molecule has 1 aromatic rings. The van der Waals surface area contributed by atoms with Crippen molar-refractivity contribution in [1.82, 2.24) is 0 Å². The quantitative estimate of drug-likeness (QED) is 0.475. The van der Waals surface area contributed by atoms with Gasteiger partial charge in [0.2, 0.25) is 0 Å². The number of hydrogen-bond donors (Lipinski definition) is 0. The average Bonchev–Trinajstić information content (AvgIpc) is 2.68. The molecule has 1 aliphatic rings. The van der Waals surface area contributed by atoms with Crippen molar-refractivity contribution in [2.75, 3.05) is 6.61 Å². The first-order valence-electron chi connectivity index (χ1n) is 5.44. The molecule has 16 heavy (non-hydrogen) atoms. The molecule has 0 bridgehead atoms. The van der Waals surface area contributed by atoms with Crippen LogP contribution in [-0.4, -0.2) is 6.61 Å². The van der Waals surface area contributed by atoms with Crippen LogP contribution in [0, 0.1) is 16.6 Å². The topological polar surface area (TPSA) is 9.23 Å². The highest BCUT2D eigenvalue weighted by atomic mass is 127. The molecule has 0 saturated heterocycles. The van der Waals surface area contributed by atoms with E-state index in [1.165, 1.54) is 36.4 Å². The van der Waals surface area contributed by atoms with Gasteiger partial charge in [-0.15, -0.1) is 0 Å². The van der Waals surface area contributed by atoms with Crippen LogP contribution in [0.5, 0.6) is 5.75 Å². The molecule has 0 aromatic heterocycles. The summed E-state index contributed by atoms with van der Waals surface area (Å²) in [4.78, 5) is 0. The Balaban J connectivity index is 2.03. The van der Waals surface area contributed by atoms with Gasteiger partial charge in [0.05, 0.1) is 13.7 Å². The van der Waals surface area contributed by atoms with Gasteiger partial charge in [0.25, 0.3) is 0 Å². The second-order valence-electron chi connectivity index (χ2n) is 4.16. The van der Waals surface area contributed by atoms with E-state index in [1.54, 1.807) is 0 Å². The SMILES string of the molecule is Ic1cc(I)c(OCC2CCCC2)c(I)c1. The van der Waals surface area contributed by atoms with E-state index in [2.05, 4.69) is 79.9 Å². The highest BCUT2D eigenvalue weighted by Crippen LogP contribution is 2.31. The minimum Gasteiger partial charge on any atom is -0.491 e.